The van der Waals surface area contributed by atoms with E-state index in [0.29, 0.717) is 0 Å². The molecule has 31 heavy (non-hydrogen) atoms. The van der Waals surface area contributed by atoms with E-state index in [-0.39, 0.29) is 22.9 Å². The van der Waals surface area contributed by atoms with Crippen molar-refractivity contribution in [1.29, 1.82) is 0 Å². The molecule has 1 fully saturated rings. The van der Waals surface area contributed by atoms with Crippen LogP contribution < -0.4 is 0 Å². The highest BCUT2D eigenvalue weighted by atomic mass is 35.5. The number of halogens is 3. The summed E-state index contributed by atoms with van der Waals surface area (Å²) >= 11 is 5.94. The number of ether oxygens (including phenoxy) is 4. The van der Waals surface area contributed by atoms with Crippen molar-refractivity contribution in [2.45, 2.75) is 51.7 Å². The SMILES string of the molecule is CC(=O)OC[C@H]1O[C@@H](n2cnc3c(Cl)nc(C(F)F)nc32)[C@H](OC(C)=O)[C@@H]1OC(C)=O. The Bertz CT molecular complexity index is 1020. The molecule has 168 valence electrons. The lowest BCUT2D eigenvalue weighted by Crippen LogP contribution is -2.40. The van der Waals surface area contributed by atoms with Crippen molar-refractivity contribution in [3.8, 4) is 0 Å². The monoisotopic (exact) mass is 462 g/mol. The van der Waals surface area contributed by atoms with Crippen LogP contribution in [0.1, 0.15) is 39.2 Å². The topological polar surface area (TPSA) is 132 Å². The average Bonchev–Trinajstić information content (AvgIpc) is 3.21. The number of esters is 3. The van der Waals surface area contributed by atoms with Crippen molar-refractivity contribution < 1.29 is 42.1 Å². The molecule has 3 rings (SSSR count). The molecule has 0 N–H and O–H groups in total. The van der Waals surface area contributed by atoms with Crippen LogP contribution in [0.3, 0.4) is 0 Å². The zero-order chi connectivity index (χ0) is 22.9. The van der Waals surface area contributed by atoms with Gasteiger partial charge in [0.25, 0.3) is 6.43 Å². The van der Waals surface area contributed by atoms with Crippen LogP contribution in [0.5, 0.6) is 0 Å². The fourth-order valence-electron chi connectivity index (χ4n) is 3.10. The minimum absolute atomic E-state index is 0.00344. The van der Waals surface area contributed by atoms with E-state index in [2.05, 4.69) is 15.0 Å². The Labute approximate surface area is 178 Å². The van der Waals surface area contributed by atoms with Crippen LogP contribution in [0.4, 0.5) is 8.78 Å². The summed E-state index contributed by atoms with van der Waals surface area (Å²) in [4.78, 5) is 45.8. The molecule has 2 aromatic heterocycles. The van der Waals surface area contributed by atoms with Gasteiger partial charge < -0.3 is 18.9 Å². The average molecular weight is 463 g/mol. The predicted molar refractivity (Wildman–Crippen MR) is 96.9 cm³/mol. The lowest BCUT2D eigenvalue weighted by atomic mass is 10.1. The molecule has 2 aromatic rings. The van der Waals surface area contributed by atoms with Gasteiger partial charge in [-0.05, 0) is 0 Å². The molecular weight excluding hydrogens is 446 g/mol. The minimum atomic E-state index is -3.01. The van der Waals surface area contributed by atoms with Gasteiger partial charge in [0.2, 0.25) is 0 Å². The molecule has 14 heteroatoms. The number of nitrogens with zero attached hydrogens (tertiary/aromatic N) is 4. The van der Waals surface area contributed by atoms with Crippen LogP contribution in [-0.4, -0.2) is 62.3 Å². The van der Waals surface area contributed by atoms with E-state index in [0.717, 1.165) is 13.8 Å². The standard InChI is InChI=1S/C17H17ClF2N4O7/c1-6(25)28-4-9-11(29-7(2)26)12(30-8(3)27)17(31-9)24-5-21-10-13(18)22-15(14(19)20)23-16(10)24/h5,9,11-12,14,17H,4H2,1-3H3/t9-,11-,12-,17-/m1/s1. The van der Waals surface area contributed by atoms with Crippen LogP contribution in [0, 0.1) is 0 Å². The third-order valence-electron chi connectivity index (χ3n) is 4.21. The van der Waals surface area contributed by atoms with Gasteiger partial charge in [-0.3, -0.25) is 19.0 Å². The molecule has 0 saturated carbocycles. The van der Waals surface area contributed by atoms with Gasteiger partial charge in [-0.2, -0.15) is 0 Å². The highest BCUT2D eigenvalue weighted by Gasteiger charge is 2.51. The second-order valence-electron chi connectivity index (χ2n) is 6.51. The van der Waals surface area contributed by atoms with E-state index in [1.807, 2.05) is 0 Å². The third-order valence-corrected chi connectivity index (χ3v) is 4.47. The maximum Gasteiger partial charge on any atom is 0.303 e. The fraction of sp³-hybridized carbons (Fsp3) is 0.529. The Morgan fingerprint density at radius 2 is 1.77 bits per heavy atom. The molecule has 1 saturated heterocycles. The number of carbonyl (C=O) groups excluding carboxylic acids is 3. The van der Waals surface area contributed by atoms with Gasteiger partial charge in [-0.15, -0.1) is 0 Å². The number of rotatable bonds is 6. The highest BCUT2D eigenvalue weighted by molar-refractivity contribution is 6.33. The molecule has 0 aliphatic carbocycles. The van der Waals surface area contributed by atoms with Crippen molar-refractivity contribution in [2.75, 3.05) is 6.61 Å². The zero-order valence-electron chi connectivity index (χ0n) is 16.5. The second-order valence-corrected chi connectivity index (χ2v) is 6.87. The summed E-state index contributed by atoms with van der Waals surface area (Å²) in [5.41, 5.74) is -0.115. The van der Waals surface area contributed by atoms with E-state index in [1.165, 1.54) is 17.8 Å². The normalized spacial score (nSPS) is 23.2. The van der Waals surface area contributed by atoms with Crippen LogP contribution in [0.2, 0.25) is 5.15 Å². The number of aromatic nitrogens is 4. The number of hydrogen-bond donors (Lipinski definition) is 0. The van der Waals surface area contributed by atoms with E-state index in [9.17, 15) is 23.2 Å². The van der Waals surface area contributed by atoms with E-state index < -0.39 is 54.7 Å². The first kappa shape index (κ1) is 22.7. The quantitative estimate of drug-likeness (QED) is 0.355. The van der Waals surface area contributed by atoms with Crippen molar-refractivity contribution >= 4 is 40.7 Å². The smallest absolute Gasteiger partial charge is 0.303 e. The first-order chi connectivity index (χ1) is 14.6. The van der Waals surface area contributed by atoms with Crippen LogP contribution in [-0.2, 0) is 33.3 Å². The van der Waals surface area contributed by atoms with Crippen molar-refractivity contribution in [3.05, 3.63) is 17.3 Å². The summed E-state index contributed by atoms with van der Waals surface area (Å²) in [7, 11) is 0. The first-order valence-electron chi connectivity index (χ1n) is 8.89. The van der Waals surface area contributed by atoms with E-state index in [4.69, 9.17) is 30.5 Å². The lowest BCUT2D eigenvalue weighted by Gasteiger charge is -2.23. The molecule has 0 aromatic carbocycles. The summed E-state index contributed by atoms with van der Waals surface area (Å²) in [6.07, 6.45) is -6.48. The van der Waals surface area contributed by atoms with Gasteiger partial charge in [0, 0.05) is 20.8 Å². The Morgan fingerprint density at radius 3 is 2.35 bits per heavy atom. The van der Waals surface area contributed by atoms with Crippen molar-refractivity contribution in [3.63, 3.8) is 0 Å². The van der Waals surface area contributed by atoms with E-state index in [1.54, 1.807) is 0 Å². The summed E-state index contributed by atoms with van der Waals surface area (Å²) in [5.74, 6) is -2.89. The molecule has 0 bridgehead atoms. The number of imidazole rings is 1. The molecule has 1 aliphatic rings. The summed E-state index contributed by atoms with van der Waals surface area (Å²) in [5, 5.41) is -0.311. The third kappa shape index (κ3) is 4.88. The van der Waals surface area contributed by atoms with Gasteiger partial charge in [0.15, 0.2) is 35.1 Å². The summed E-state index contributed by atoms with van der Waals surface area (Å²) < 4.78 is 48.9. The Balaban J connectivity index is 2.07. The Morgan fingerprint density at radius 1 is 1.13 bits per heavy atom. The first-order valence-corrected chi connectivity index (χ1v) is 9.27. The maximum atomic E-state index is 13.2. The summed E-state index contributed by atoms with van der Waals surface area (Å²) in [6.45, 7) is 3.11. The number of alkyl halides is 2. The summed E-state index contributed by atoms with van der Waals surface area (Å²) in [6, 6.07) is 0. The van der Waals surface area contributed by atoms with Gasteiger partial charge >= 0.3 is 17.9 Å². The number of hydrogen-bond acceptors (Lipinski definition) is 10. The largest absolute Gasteiger partial charge is 0.463 e. The predicted octanol–water partition coefficient (Wildman–Crippen LogP) is 1.74. The Kier molecular flexibility index (Phi) is 6.65. The van der Waals surface area contributed by atoms with Gasteiger partial charge in [-0.1, -0.05) is 11.6 Å². The number of fused-ring (bicyclic) bond motifs is 1. The fourth-order valence-corrected chi connectivity index (χ4v) is 3.32. The Hall–Kier alpha value is -2.93. The second kappa shape index (κ2) is 9.06. The van der Waals surface area contributed by atoms with Gasteiger partial charge in [-0.25, -0.2) is 23.7 Å². The minimum Gasteiger partial charge on any atom is -0.463 e. The van der Waals surface area contributed by atoms with Crippen LogP contribution in [0.15, 0.2) is 6.33 Å². The molecule has 4 atom stereocenters. The highest BCUT2D eigenvalue weighted by Crippen LogP contribution is 2.36. The van der Waals surface area contributed by atoms with Crippen molar-refractivity contribution in [2.24, 2.45) is 0 Å². The zero-order valence-corrected chi connectivity index (χ0v) is 17.2. The van der Waals surface area contributed by atoms with Crippen LogP contribution >= 0.6 is 11.6 Å². The molecule has 0 radical (unpaired) electrons. The molecule has 0 amide bonds. The van der Waals surface area contributed by atoms with E-state index >= 15 is 0 Å². The number of carbonyl (C=O) groups is 3. The maximum absolute atomic E-state index is 13.2. The molecule has 3 heterocycles. The molecule has 11 nitrogen and oxygen atoms in total. The van der Waals surface area contributed by atoms with Crippen LogP contribution in [0.25, 0.3) is 11.2 Å². The van der Waals surface area contributed by atoms with Crippen molar-refractivity contribution in [1.82, 2.24) is 19.5 Å². The molecule has 1 aliphatic heterocycles. The molecular formula is C17H17ClF2N4O7. The lowest BCUT2D eigenvalue weighted by molar-refractivity contribution is -0.166. The van der Waals surface area contributed by atoms with Gasteiger partial charge in [0.05, 0.1) is 6.33 Å². The van der Waals surface area contributed by atoms with Gasteiger partial charge in [0.1, 0.15) is 18.2 Å². The molecule has 0 unspecified atom stereocenters. The molecule has 0 spiro atoms.